The highest BCUT2D eigenvalue weighted by Gasteiger charge is 2.20. The topological polar surface area (TPSA) is 131 Å². The molecule has 0 amide bonds. The van der Waals surface area contributed by atoms with E-state index in [1.54, 1.807) is 24.3 Å². The summed E-state index contributed by atoms with van der Waals surface area (Å²) in [6.45, 7) is 0.342. The van der Waals surface area contributed by atoms with Gasteiger partial charge in [-0.05, 0) is 73.9 Å². The van der Waals surface area contributed by atoms with E-state index >= 15 is 0 Å². The van der Waals surface area contributed by atoms with Crippen LogP contribution >= 0.6 is 0 Å². The number of rotatable bonds is 12. The Labute approximate surface area is 251 Å². The van der Waals surface area contributed by atoms with Crippen LogP contribution in [-0.4, -0.2) is 35.3 Å². The van der Waals surface area contributed by atoms with Crippen LogP contribution in [0.1, 0.15) is 57.5 Å². The first-order valence-corrected chi connectivity index (χ1v) is 14.5. The van der Waals surface area contributed by atoms with Gasteiger partial charge >= 0.3 is 11.9 Å². The maximum atomic E-state index is 13.2. The van der Waals surface area contributed by atoms with Crippen LogP contribution in [0.5, 0.6) is 0 Å². The molecule has 0 aliphatic heterocycles. The molecular formula is C34H32N2O8. The summed E-state index contributed by atoms with van der Waals surface area (Å²) >= 11 is 0. The summed E-state index contributed by atoms with van der Waals surface area (Å²) in [5, 5.41) is 0.471. The number of unbranched alkanes of at least 4 members (excludes halogenated alkanes) is 2. The summed E-state index contributed by atoms with van der Waals surface area (Å²) in [7, 11) is 2.65. The molecule has 0 fully saturated rings. The van der Waals surface area contributed by atoms with Gasteiger partial charge in [-0.25, -0.2) is 9.59 Å². The number of hydrogen-bond acceptors (Lipinski definition) is 8. The normalized spacial score (nSPS) is 11.3. The molecule has 0 aliphatic carbocycles. The fraction of sp³-hybridized carbons (Fsp3) is 0.294. The third-order valence-electron chi connectivity index (χ3n) is 8.06. The molecule has 0 saturated carbocycles. The lowest BCUT2D eigenvalue weighted by Crippen LogP contribution is -2.26. The van der Waals surface area contributed by atoms with Gasteiger partial charge < -0.3 is 9.47 Å². The SMILES string of the molecule is COC(=O)c1ccccc1CCCCn1c(=O)c2cc3c(=O)n(CCCCc4ccccc4C(=O)OC)c(=O)c3cc2c1=O. The molecule has 5 rings (SSSR count). The van der Waals surface area contributed by atoms with Gasteiger partial charge in [-0.3, -0.25) is 28.3 Å². The molecule has 0 radical (unpaired) electrons. The number of aryl methyl sites for hydroxylation is 2. The third-order valence-corrected chi connectivity index (χ3v) is 8.06. The number of esters is 2. The Morgan fingerprint density at radius 1 is 0.545 bits per heavy atom. The zero-order valence-corrected chi connectivity index (χ0v) is 24.6. The third kappa shape index (κ3) is 5.75. The minimum absolute atomic E-state index is 0.118. The van der Waals surface area contributed by atoms with Gasteiger partial charge in [0.15, 0.2) is 0 Å². The molecule has 0 N–H and O–H groups in total. The van der Waals surface area contributed by atoms with Crippen molar-refractivity contribution in [3.05, 3.63) is 124 Å². The van der Waals surface area contributed by atoms with Crippen LogP contribution in [0.25, 0.3) is 21.5 Å². The van der Waals surface area contributed by atoms with Crippen molar-refractivity contribution in [3.8, 4) is 0 Å². The molecule has 226 valence electrons. The van der Waals surface area contributed by atoms with Crippen molar-refractivity contribution >= 4 is 33.5 Å². The minimum atomic E-state index is -0.495. The van der Waals surface area contributed by atoms with E-state index in [1.807, 2.05) is 24.3 Å². The Morgan fingerprint density at radius 2 is 0.886 bits per heavy atom. The maximum absolute atomic E-state index is 13.2. The lowest BCUT2D eigenvalue weighted by atomic mass is 10.0. The second kappa shape index (κ2) is 13.0. The lowest BCUT2D eigenvalue weighted by Gasteiger charge is -2.07. The predicted molar refractivity (Wildman–Crippen MR) is 166 cm³/mol. The molecule has 0 unspecified atom stereocenters. The van der Waals surface area contributed by atoms with Crippen molar-refractivity contribution in [2.24, 2.45) is 0 Å². The maximum Gasteiger partial charge on any atom is 0.338 e. The molecule has 0 spiro atoms. The van der Waals surface area contributed by atoms with E-state index in [0.29, 0.717) is 49.7 Å². The molecule has 44 heavy (non-hydrogen) atoms. The fourth-order valence-corrected chi connectivity index (χ4v) is 5.75. The van der Waals surface area contributed by atoms with Crippen LogP contribution in [0.15, 0.2) is 79.8 Å². The van der Waals surface area contributed by atoms with E-state index in [4.69, 9.17) is 9.47 Å². The average molecular weight is 597 g/mol. The summed E-state index contributed by atoms with van der Waals surface area (Å²) in [5.74, 6) is -0.837. The summed E-state index contributed by atoms with van der Waals surface area (Å²) in [5.41, 5.74) is 0.638. The van der Waals surface area contributed by atoms with Crippen LogP contribution < -0.4 is 22.2 Å². The highest BCUT2D eigenvalue weighted by atomic mass is 16.5. The molecule has 2 aromatic heterocycles. The van der Waals surface area contributed by atoms with Gasteiger partial charge in [0.05, 0.1) is 46.9 Å². The molecule has 10 heteroatoms. The highest BCUT2D eigenvalue weighted by molar-refractivity contribution is 5.98. The van der Waals surface area contributed by atoms with Crippen LogP contribution in [0, 0.1) is 0 Å². The number of aromatic nitrogens is 2. The standard InChI is InChI=1S/C34H32N2O8/c1-43-33(41)23-15-5-3-11-21(23)13-7-9-17-35-29(37)25-19-27-28(20-26(25)30(35)38)32(40)36(31(27)39)18-10-8-14-22-12-4-6-16-24(22)34(42)44-2/h3-6,11-12,15-16,19-20H,7-10,13-14,17-18H2,1-2H3. The Balaban J connectivity index is 1.29. The molecule has 3 aromatic carbocycles. The van der Waals surface area contributed by atoms with Gasteiger partial charge in [-0.2, -0.15) is 0 Å². The van der Waals surface area contributed by atoms with Crippen LogP contribution in [0.3, 0.4) is 0 Å². The van der Waals surface area contributed by atoms with Crippen molar-refractivity contribution in [1.29, 1.82) is 0 Å². The molecule has 2 heterocycles. The fourth-order valence-electron chi connectivity index (χ4n) is 5.75. The summed E-state index contributed by atoms with van der Waals surface area (Å²) < 4.78 is 12.0. The van der Waals surface area contributed by atoms with Crippen molar-refractivity contribution < 1.29 is 19.1 Å². The lowest BCUT2D eigenvalue weighted by molar-refractivity contribution is 0.0590. The number of methoxy groups -OCH3 is 2. The molecule has 0 bridgehead atoms. The van der Waals surface area contributed by atoms with E-state index in [-0.39, 0.29) is 34.6 Å². The van der Waals surface area contributed by atoms with Gasteiger partial charge in [-0.1, -0.05) is 36.4 Å². The zero-order valence-electron chi connectivity index (χ0n) is 24.6. The smallest absolute Gasteiger partial charge is 0.338 e. The van der Waals surface area contributed by atoms with Crippen LogP contribution in [0.2, 0.25) is 0 Å². The van der Waals surface area contributed by atoms with E-state index in [9.17, 15) is 28.8 Å². The van der Waals surface area contributed by atoms with Gasteiger partial charge in [0.25, 0.3) is 22.2 Å². The second-order valence-corrected chi connectivity index (χ2v) is 10.7. The van der Waals surface area contributed by atoms with E-state index in [2.05, 4.69) is 0 Å². The van der Waals surface area contributed by atoms with Crippen molar-refractivity contribution in [1.82, 2.24) is 9.13 Å². The van der Waals surface area contributed by atoms with Crippen LogP contribution in [-0.2, 0) is 35.4 Å². The average Bonchev–Trinajstić information content (AvgIpc) is 3.42. The number of fused-ring (bicyclic) bond motifs is 2. The largest absolute Gasteiger partial charge is 0.465 e. The monoisotopic (exact) mass is 596 g/mol. The van der Waals surface area contributed by atoms with Crippen molar-refractivity contribution in [2.45, 2.75) is 51.6 Å². The first-order valence-electron chi connectivity index (χ1n) is 14.5. The molecule has 0 saturated heterocycles. The minimum Gasteiger partial charge on any atom is -0.465 e. The van der Waals surface area contributed by atoms with Gasteiger partial charge in [0, 0.05) is 13.1 Å². The Bertz CT molecular complexity index is 1850. The number of ether oxygens (including phenoxy) is 2. The van der Waals surface area contributed by atoms with E-state index in [0.717, 1.165) is 20.3 Å². The first-order chi connectivity index (χ1) is 21.3. The number of benzene rings is 3. The summed E-state index contributed by atoms with van der Waals surface area (Å²) in [4.78, 5) is 76.7. The number of nitrogens with zero attached hydrogens (tertiary/aromatic N) is 2. The van der Waals surface area contributed by atoms with Crippen molar-refractivity contribution in [3.63, 3.8) is 0 Å². The van der Waals surface area contributed by atoms with E-state index in [1.165, 1.54) is 26.4 Å². The number of carbonyl (C=O) groups excluding carboxylic acids is 2. The summed E-state index contributed by atoms with van der Waals surface area (Å²) in [6, 6.07) is 17.0. The quantitative estimate of drug-likeness (QED) is 0.158. The molecular weight excluding hydrogens is 564 g/mol. The van der Waals surface area contributed by atoms with Gasteiger partial charge in [0.2, 0.25) is 0 Å². The predicted octanol–water partition coefficient (Wildman–Crippen LogP) is 3.53. The van der Waals surface area contributed by atoms with E-state index < -0.39 is 34.2 Å². The Morgan fingerprint density at radius 3 is 1.23 bits per heavy atom. The Kier molecular flexibility index (Phi) is 8.99. The molecule has 0 atom stereocenters. The highest BCUT2D eigenvalue weighted by Crippen LogP contribution is 2.17. The van der Waals surface area contributed by atoms with Gasteiger partial charge in [0.1, 0.15) is 0 Å². The zero-order chi connectivity index (χ0) is 31.4. The first kappa shape index (κ1) is 30.3. The molecule has 10 nitrogen and oxygen atoms in total. The summed E-state index contributed by atoms with van der Waals surface area (Å²) in [6.07, 6.45) is 3.40. The number of carbonyl (C=O) groups is 2. The van der Waals surface area contributed by atoms with Gasteiger partial charge in [-0.15, -0.1) is 0 Å². The number of hydrogen-bond donors (Lipinski definition) is 0. The van der Waals surface area contributed by atoms with Crippen LogP contribution in [0.4, 0.5) is 0 Å². The second-order valence-electron chi connectivity index (χ2n) is 10.7. The molecule has 5 aromatic rings. The Hall–Kier alpha value is -5.12. The molecule has 0 aliphatic rings. The van der Waals surface area contributed by atoms with Crippen molar-refractivity contribution in [2.75, 3.05) is 14.2 Å².